The Kier molecular flexibility index (Phi) is 2.86. The smallest absolute Gasteiger partial charge is 0.171 e. The zero-order valence-electron chi connectivity index (χ0n) is 8.36. The van der Waals surface area contributed by atoms with Crippen LogP contribution in [0.1, 0.15) is 6.42 Å². The van der Waals surface area contributed by atoms with Crippen molar-refractivity contribution in [2.45, 2.75) is 6.42 Å². The third-order valence-electron chi connectivity index (χ3n) is 2.44. The van der Waals surface area contributed by atoms with E-state index in [1.54, 1.807) is 4.68 Å². The average Bonchev–Trinajstić information content (AvgIpc) is 2.72. The van der Waals surface area contributed by atoms with E-state index in [9.17, 15) is 0 Å². The molecule has 4 nitrogen and oxygen atoms in total. The maximum Gasteiger partial charge on any atom is 0.171 e. The van der Waals surface area contributed by atoms with E-state index in [1.807, 2.05) is 25.0 Å². The van der Waals surface area contributed by atoms with Crippen molar-refractivity contribution in [1.82, 2.24) is 9.78 Å². The molecule has 0 bridgehead atoms. The van der Waals surface area contributed by atoms with Crippen LogP contribution < -0.4 is 11.1 Å². The second-order valence-corrected chi connectivity index (χ2v) is 4.87. The lowest BCUT2D eigenvalue weighted by Gasteiger charge is -2.09. The Morgan fingerprint density at radius 1 is 1.79 bits per heavy atom. The van der Waals surface area contributed by atoms with Crippen LogP contribution in [-0.2, 0) is 7.05 Å². The molecule has 5 heteroatoms. The number of aryl methyl sites for hydroxylation is 1. The molecule has 1 aromatic rings. The summed E-state index contributed by atoms with van der Waals surface area (Å²) in [6.07, 6.45) is 3.14. The summed E-state index contributed by atoms with van der Waals surface area (Å²) in [5.74, 6) is 4.16. The van der Waals surface area contributed by atoms with E-state index in [0.29, 0.717) is 0 Å². The molecule has 1 aromatic heterocycles. The van der Waals surface area contributed by atoms with Gasteiger partial charge >= 0.3 is 0 Å². The number of nitrogens with zero attached hydrogens (tertiary/aromatic N) is 2. The molecular weight excluding hydrogens is 196 g/mol. The number of hydrogen-bond donors (Lipinski definition) is 2. The first-order valence-electron chi connectivity index (χ1n) is 4.86. The maximum atomic E-state index is 5.78. The van der Waals surface area contributed by atoms with Crippen LogP contribution in [0, 0.1) is 5.92 Å². The molecule has 0 spiro atoms. The van der Waals surface area contributed by atoms with Gasteiger partial charge in [-0.25, -0.2) is 0 Å². The fourth-order valence-corrected chi connectivity index (χ4v) is 2.91. The Labute approximate surface area is 88.2 Å². The standard InChI is InChI=1S/C9H16N4S/c1-13-5-8(10)9(12-13)11-4-7-2-3-14-6-7/h5,7H,2-4,6,10H2,1H3,(H,11,12). The van der Waals surface area contributed by atoms with Crippen LogP contribution in [-0.4, -0.2) is 27.8 Å². The van der Waals surface area contributed by atoms with Gasteiger partial charge in [-0.3, -0.25) is 4.68 Å². The summed E-state index contributed by atoms with van der Waals surface area (Å²) < 4.78 is 1.74. The minimum Gasteiger partial charge on any atom is -0.394 e. The van der Waals surface area contributed by atoms with Crippen LogP contribution in [0.5, 0.6) is 0 Å². The predicted octanol–water partition coefficient (Wildman–Crippen LogP) is 1.17. The molecule has 1 aliphatic heterocycles. The number of rotatable bonds is 3. The number of aromatic nitrogens is 2. The molecule has 0 radical (unpaired) electrons. The first kappa shape index (κ1) is 9.71. The fourth-order valence-electron chi connectivity index (χ4n) is 1.63. The Morgan fingerprint density at radius 2 is 2.64 bits per heavy atom. The van der Waals surface area contributed by atoms with Crippen molar-refractivity contribution >= 4 is 23.3 Å². The first-order chi connectivity index (χ1) is 6.75. The topological polar surface area (TPSA) is 55.9 Å². The second-order valence-electron chi connectivity index (χ2n) is 3.72. The molecule has 0 aromatic carbocycles. The van der Waals surface area contributed by atoms with Crippen molar-refractivity contribution < 1.29 is 0 Å². The minimum atomic E-state index is 0.734. The van der Waals surface area contributed by atoms with E-state index in [4.69, 9.17) is 5.73 Å². The van der Waals surface area contributed by atoms with Gasteiger partial charge in [0.25, 0.3) is 0 Å². The Hall–Kier alpha value is -0.840. The van der Waals surface area contributed by atoms with Gasteiger partial charge in [0.2, 0.25) is 0 Å². The van der Waals surface area contributed by atoms with Crippen molar-refractivity contribution in [3.63, 3.8) is 0 Å². The number of nitrogens with two attached hydrogens (primary N) is 1. The van der Waals surface area contributed by atoms with E-state index in [1.165, 1.54) is 17.9 Å². The Morgan fingerprint density at radius 3 is 3.21 bits per heavy atom. The predicted molar refractivity (Wildman–Crippen MR) is 61.5 cm³/mol. The van der Waals surface area contributed by atoms with Crippen molar-refractivity contribution in [3.05, 3.63) is 6.20 Å². The molecule has 78 valence electrons. The largest absolute Gasteiger partial charge is 0.394 e. The number of anilines is 2. The number of nitrogen functional groups attached to an aromatic ring is 1. The highest BCUT2D eigenvalue weighted by Crippen LogP contribution is 2.24. The van der Waals surface area contributed by atoms with E-state index < -0.39 is 0 Å². The highest BCUT2D eigenvalue weighted by atomic mass is 32.2. The number of nitrogens with one attached hydrogen (secondary N) is 1. The lowest BCUT2D eigenvalue weighted by atomic mass is 10.1. The summed E-state index contributed by atoms with van der Waals surface area (Å²) in [7, 11) is 1.88. The summed E-state index contributed by atoms with van der Waals surface area (Å²) in [6.45, 7) is 0.994. The van der Waals surface area contributed by atoms with Gasteiger partial charge in [-0.2, -0.15) is 16.9 Å². The van der Waals surface area contributed by atoms with Crippen molar-refractivity contribution in [2.24, 2.45) is 13.0 Å². The monoisotopic (exact) mass is 212 g/mol. The molecule has 1 saturated heterocycles. The van der Waals surface area contributed by atoms with Gasteiger partial charge in [0.1, 0.15) is 0 Å². The molecule has 0 aliphatic carbocycles. The number of hydrogen-bond acceptors (Lipinski definition) is 4. The molecule has 1 aliphatic rings. The third-order valence-corrected chi connectivity index (χ3v) is 3.67. The molecule has 1 fully saturated rings. The van der Waals surface area contributed by atoms with E-state index in [-0.39, 0.29) is 0 Å². The minimum absolute atomic E-state index is 0.734. The molecule has 3 N–H and O–H groups in total. The normalized spacial score (nSPS) is 21.4. The lowest BCUT2D eigenvalue weighted by Crippen LogP contribution is -2.14. The van der Waals surface area contributed by atoms with Gasteiger partial charge in [-0.15, -0.1) is 0 Å². The third kappa shape index (κ3) is 2.15. The zero-order valence-corrected chi connectivity index (χ0v) is 9.18. The van der Waals surface area contributed by atoms with Crippen molar-refractivity contribution in [3.8, 4) is 0 Å². The molecule has 1 atom stereocenters. The Bertz CT molecular complexity index is 304. The van der Waals surface area contributed by atoms with Crippen LogP contribution in [0.4, 0.5) is 11.5 Å². The highest BCUT2D eigenvalue weighted by Gasteiger charge is 2.15. The highest BCUT2D eigenvalue weighted by molar-refractivity contribution is 7.99. The van der Waals surface area contributed by atoms with Gasteiger partial charge < -0.3 is 11.1 Å². The molecule has 2 heterocycles. The second kappa shape index (κ2) is 4.13. The molecule has 0 amide bonds. The van der Waals surface area contributed by atoms with E-state index in [2.05, 4.69) is 10.4 Å². The first-order valence-corrected chi connectivity index (χ1v) is 6.02. The molecule has 2 rings (SSSR count). The Balaban J connectivity index is 1.87. The summed E-state index contributed by atoms with van der Waals surface area (Å²) in [6, 6.07) is 0. The molecule has 14 heavy (non-hydrogen) atoms. The maximum absolute atomic E-state index is 5.78. The zero-order chi connectivity index (χ0) is 9.97. The summed E-state index contributed by atoms with van der Waals surface area (Å²) in [5, 5.41) is 7.55. The summed E-state index contributed by atoms with van der Waals surface area (Å²) in [4.78, 5) is 0. The lowest BCUT2D eigenvalue weighted by molar-refractivity contribution is 0.629. The molecule has 0 saturated carbocycles. The summed E-state index contributed by atoms with van der Waals surface area (Å²) >= 11 is 2.03. The van der Waals surface area contributed by atoms with Crippen molar-refractivity contribution in [2.75, 3.05) is 29.1 Å². The van der Waals surface area contributed by atoms with Crippen LogP contribution in [0.25, 0.3) is 0 Å². The van der Waals surface area contributed by atoms with Crippen LogP contribution in [0.15, 0.2) is 6.20 Å². The quantitative estimate of drug-likeness (QED) is 0.789. The molecule has 1 unspecified atom stereocenters. The van der Waals surface area contributed by atoms with E-state index in [0.717, 1.165) is 24.0 Å². The number of thioether (sulfide) groups is 1. The SMILES string of the molecule is Cn1cc(N)c(NCC2CCSC2)n1. The van der Waals surface area contributed by atoms with Gasteiger partial charge in [0.15, 0.2) is 5.82 Å². The van der Waals surface area contributed by atoms with Crippen LogP contribution >= 0.6 is 11.8 Å². The summed E-state index contributed by atoms with van der Waals surface area (Å²) in [5.41, 5.74) is 6.51. The fraction of sp³-hybridized carbons (Fsp3) is 0.667. The van der Waals surface area contributed by atoms with Gasteiger partial charge in [-0.1, -0.05) is 0 Å². The average molecular weight is 212 g/mol. The van der Waals surface area contributed by atoms with Gasteiger partial charge in [-0.05, 0) is 23.8 Å². The molecular formula is C9H16N4S. The van der Waals surface area contributed by atoms with Gasteiger partial charge in [0, 0.05) is 19.8 Å². The van der Waals surface area contributed by atoms with Crippen molar-refractivity contribution in [1.29, 1.82) is 0 Å². The van der Waals surface area contributed by atoms with Crippen LogP contribution in [0.3, 0.4) is 0 Å². The van der Waals surface area contributed by atoms with Gasteiger partial charge in [0.05, 0.1) is 5.69 Å². The van der Waals surface area contributed by atoms with E-state index >= 15 is 0 Å². The van der Waals surface area contributed by atoms with Crippen LogP contribution in [0.2, 0.25) is 0 Å².